The first kappa shape index (κ1) is 15.3. The Labute approximate surface area is 142 Å². The SMILES string of the molecule is CC(=O)c1ccc(SNc2ccc(Cl)c3c(Cl)c[nH]c23)cc1. The van der Waals surface area contributed by atoms with Crippen LogP contribution in [0.3, 0.4) is 0 Å². The van der Waals surface area contributed by atoms with Crippen molar-refractivity contribution in [2.24, 2.45) is 0 Å². The van der Waals surface area contributed by atoms with Gasteiger partial charge in [-0.2, -0.15) is 0 Å². The first-order valence-corrected chi connectivity index (χ1v) is 8.12. The van der Waals surface area contributed by atoms with Crippen LogP contribution in [-0.2, 0) is 0 Å². The third kappa shape index (κ3) is 2.95. The van der Waals surface area contributed by atoms with Crippen molar-refractivity contribution in [3.63, 3.8) is 0 Å². The summed E-state index contributed by atoms with van der Waals surface area (Å²) >= 11 is 13.8. The van der Waals surface area contributed by atoms with E-state index in [2.05, 4.69) is 9.71 Å². The van der Waals surface area contributed by atoms with Crippen LogP contribution in [0.1, 0.15) is 17.3 Å². The molecule has 0 saturated carbocycles. The molecule has 0 aliphatic carbocycles. The average molecular weight is 351 g/mol. The number of anilines is 1. The van der Waals surface area contributed by atoms with Gasteiger partial charge in [-0.15, -0.1) is 0 Å². The van der Waals surface area contributed by atoms with E-state index in [0.717, 1.165) is 21.5 Å². The minimum atomic E-state index is 0.0601. The lowest BCUT2D eigenvalue weighted by Crippen LogP contribution is -1.92. The van der Waals surface area contributed by atoms with Crippen molar-refractivity contribution in [3.8, 4) is 0 Å². The van der Waals surface area contributed by atoms with E-state index in [-0.39, 0.29) is 5.78 Å². The number of nitrogens with one attached hydrogen (secondary N) is 2. The molecule has 112 valence electrons. The first-order valence-electron chi connectivity index (χ1n) is 6.55. The predicted octanol–water partition coefficient (Wildman–Crippen LogP) is 5.80. The van der Waals surface area contributed by atoms with Gasteiger partial charge in [0.05, 0.1) is 21.2 Å². The van der Waals surface area contributed by atoms with Gasteiger partial charge in [0.1, 0.15) is 0 Å². The third-order valence-corrected chi connectivity index (χ3v) is 4.72. The molecule has 0 unspecified atom stereocenters. The van der Waals surface area contributed by atoms with E-state index in [0.29, 0.717) is 15.6 Å². The van der Waals surface area contributed by atoms with E-state index < -0.39 is 0 Å². The summed E-state index contributed by atoms with van der Waals surface area (Å²) < 4.78 is 3.28. The molecule has 1 aromatic heterocycles. The molecule has 1 heterocycles. The number of Topliss-reactive ketones (excluding diaryl/α,β-unsaturated/α-hetero) is 1. The summed E-state index contributed by atoms with van der Waals surface area (Å²) in [5.41, 5.74) is 2.46. The number of hydrogen-bond acceptors (Lipinski definition) is 3. The lowest BCUT2D eigenvalue weighted by atomic mass is 10.2. The molecule has 0 spiro atoms. The van der Waals surface area contributed by atoms with Crippen LogP contribution >= 0.6 is 35.1 Å². The highest BCUT2D eigenvalue weighted by Gasteiger charge is 2.10. The summed E-state index contributed by atoms with van der Waals surface area (Å²) in [5.74, 6) is 0.0601. The molecule has 0 aliphatic rings. The molecule has 0 atom stereocenters. The highest BCUT2D eigenvalue weighted by molar-refractivity contribution is 8.00. The molecule has 0 bridgehead atoms. The molecule has 22 heavy (non-hydrogen) atoms. The molecule has 0 fully saturated rings. The Balaban J connectivity index is 1.82. The smallest absolute Gasteiger partial charge is 0.159 e. The zero-order valence-corrected chi connectivity index (χ0v) is 13.9. The second kappa shape index (κ2) is 6.24. The van der Waals surface area contributed by atoms with Crippen molar-refractivity contribution in [1.82, 2.24) is 4.98 Å². The van der Waals surface area contributed by atoms with E-state index in [4.69, 9.17) is 23.2 Å². The van der Waals surface area contributed by atoms with Crippen molar-refractivity contribution < 1.29 is 4.79 Å². The van der Waals surface area contributed by atoms with Crippen LogP contribution in [-0.4, -0.2) is 10.8 Å². The monoisotopic (exact) mass is 350 g/mol. The Kier molecular flexibility index (Phi) is 4.34. The van der Waals surface area contributed by atoms with Gasteiger partial charge in [-0.25, -0.2) is 0 Å². The number of carbonyl (C=O) groups is 1. The number of aromatic amines is 1. The highest BCUT2D eigenvalue weighted by Crippen LogP contribution is 2.36. The Morgan fingerprint density at radius 1 is 1.09 bits per heavy atom. The molecular formula is C16H12Cl2N2OS. The maximum absolute atomic E-state index is 11.3. The van der Waals surface area contributed by atoms with Crippen LogP contribution in [0.25, 0.3) is 10.9 Å². The number of hydrogen-bond donors (Lipinski definition) is 2. The van der Waals surface area contributed by atoms with Gasteiger partial charge in [0.2, 0.25) is 0 Å². The number of carbonyl (C=O) groups excluding carboxylic acids is 1. The average Bonchev–Trinajstić information content (AvgIpc) is 2.90. The van der Waals surface area contributed by atoms with Crippen molar-refractivity contribution in [3.05, 3.63) is 58.2 Å². The Morgan fingerprint density at radius 3 is 2.50 bits per heavy atom. The molecule has 6 heteroatoms. The maximum atomic E-state index is 11.3. The second-order valence-corrected chi connectivity index (χ2v) is 6.46. The van der Waals surface area contributed by atoms with Gasteiger partial charge in [-0.3, -0.25) is 4.79 Å². The molecule has 3 rings (SSSR count). The van der Waals surface area contributed by atoms with Gasteiger partial charge in [0.15, 0.2) is 5.78 Å². The fourth-order valence-electron chi connectivity index (χ4n) is 2.12. The van der Waals surface area contributed by atoms with E-state index in [9.17, 15) is 4.79 Å². The summed E-state index contributed by atoms with van der Waals surface area (Å²) in [7, 11) is 0. The normalized spacial score (nSPS) is 10.9. The maximum Gasteiger partial charge on any atom is 0.159 e. The lowest BCUT2D eigenvalue weighted by Gasteiger charge is -2.08. The predicted molar refractivity (Wildman–Crippen MR) is 94.2 cm³/mol. The number of H-pyrrole nitrogens is 1. The number of aromatic nitrogens is 1. The zero-order valence-electron chi connectivity index (χ0n) is 11.6. The molecular weight excluding hydrogens is 339 g/mol. The summed E-state index contributed by atoms with van der Waals surface area (Å²) in [6, 6.07) is 11.1. The van der Waals surface area contributed by atoms with Crippen LogP contribution in [0, 0.1) is 0 Å². The molecule has 2 aromatic carbocycles. The number of rotatable bonds is 4. The van der Waals surface area contributed by atoms with E-state index in [1.165, 1.54) is 11.9 Å². The topological polar surface area (TPSA) is 44.9 Å². The summed E-state index contributed by atoms with van der Waals surface area (Å²) in [6.07, 6.45) is 1.72. The molecule has 3 aromatic rings. The number of benzene rings is 2. The standard InChI is InChI=1S/C16H12Cl2N2OS/c1-9(21)10-2-4-11(5-3-10)22-20-14-7-6-12(17)15-13(18)8-19-16(14)15/h2-8,19-20H,1H3. The van der Waals surface area contributed by atoms with Crippen LogP contribution in [0.15, 0.2) is 47.5 Å². The van der Waals surface area contributed by atoms with Gasteiger partial charge < -0.3 is 9.71 Å². The van der Waals surface area contributed by atoms with E-state index in [1.54, 1.807) is 13.1 Å². The van der Waals surface area contributed by atoms with Gasteiger partial charge in [0, 0.05) is 22.0 Å². The Hall–Kier alpha value is -1.62. The zero-order chi connectivity index (χ0) is 15.7. The van der Waals surface area contributed by atoms with Crippen molar-refractivity contribution in [2.75, 3.05) is 4.72 Å². The van der Waals surface area contributed by atoms with Gasteiger partial charge in [0.25, 0.3) is 0 Å². The second-order valence-electron chi connectivity index (χ2n) is 4.77. The van der Waals surface area contributed by atoms with Crippen LogP contribution in [0.4, 0.5) is 5.69 Å². The summed E-state index contributed by atoms with van der Waals surface area (Å²) in [4.78, 5) is 15.4. The van der Waals surface area contributed by atoms with E-state index >= 15 is 0 Å². The quantitative estimate of drug-likeness (QED) is 0.461. The van der Waals surface area contributed by atoms with Crippen LogP contribution < -0.4 is 4.72 Å². The fraction of sp³-hybridized carbons (Fsp3) is 0.0625. The molecule has 2 N–H and O–H groups in total. The minimum Gasteiger partial charge on any atom is -0.358 e. The fourth-order valence-corrected chi connectivity index (χ4v) is 3.35. The molecule has 0 radical (unpaired) electrons. The van der Waals surface area contributed by atoms with Crippen LogP contribution in [0.2, 0.25) is 10.0 Å². The van der Waals surface area contributed by atoms with Gasteiger partial charge in [-0.1, -0.05) is 35.3 Å². The summed E-state index contributed by atoms with van der Waals surface area (Å²) in [5, 5.41) is 2.02. The minimum absolute atomic E-state index is 0.0601. The van der Waals surface area contributed by atoms with Crippen LogP contribution in [0.5, 0.6) is 0 Å². The lowest BCUT2D eigenvalue weighted by molar-refractivity contribution is 0.101. The van der Waals surface area contributed by atoms with Gasteiger partial charge in [-0.05, 0) is 43.1 Å². The van der Waals surface area contributed by atoms with E-state index in [1.807, 2.05) is 36.4 Å². The molecule has 0 amide bonds. The number of fused-ring (bicyclic) bond motifs is 1. The Bertz CT molecular complexity index is 843. The Morgan fingerprint density at radius 2 is 1.82 bits per heavy atom. The molecule has 0 saturated heterocycles. The first-order chi connectivity index (χ1) is 10.6. The highest BCUT2D eigenvalue weighted by atomic mass is 35.5. The van der Waals surface area contributed by atoms with Crippen molar-refractivity contribution >= 4 is 57.5 Å². The van der Waals surface area contributed by atoms with Gasteiger partial charge >= 0.3 is 0 Å². The van der Waals surface area contributed by atoms with Crippen molar-refractivity contribution in [1.29, 1.82) is 0 Å². The number of ketones is 1. The number of halogens is 2. The summed E-state index contributed by atoms with van der Waals surface area (Å²) in [6.45, 7) is 1.56. The largest absolute Gasteiger partial charge is 0.358 e. The van der Waals surface area contributed by atoms with Crippen molar-refractivity contribution in [2.45, 2.75) is 11.8 Å². The molecule has 3 nitrogen and oxygen atoms in total. The molecule has 0 aliphatic heterocycles. The third-order valence-electron chi connectivity index (χ3n) is 3.28.